The molecule has 0 aromatic heterocycles. The summed E-state index contributed by atoms with van der Waals surface area (Å²) >= 11 is 0. The Morgan fingerprint density at radius 3 is 2.36 bits per heavy atom. The summed E-state index contributed by atoms with van der Waals surface area (Å²) < 4.78 is 0. The summed E-state index contributed by atoms with van der Waals surface area (Å²) in [6.07, 6.45) is 11.2. The molecule has 1 heteroatoms. The van der Waals surface area contributed by atoms with E-state index < -0.39 is 0 Å². The molecule has 4 rings (SSSR count). The third kappa shape index (κ3) is 0.807. The van der Waals surface area contributed by atoms with Crippen molar-refractivity contribution in [2.45, 2.75) is 56.7 Å². The maximum absolute atomic E-state index is 2.81. The van der Waals surface area contributed by atoms with Gasteiger partial charge in [0.1, 0.15) is 0 Å². The molecule has 1 radical (unpaired) electrons. The van der Waals surface area contributed by atoms with Crippen LogP contribution >= 0.6 is 0 Å². The molecule has 0 spiro atoms. The van der Waals surface area contributed by atoms with Crippen LogP contribution in [0.5, 0.6) is 0 Å². The number of fused-ring (bicyclic) bond motifs is 1. The first-order valence-electron chi connectivity index (χ1n) is 5.04. The Balaban J connectivity index is 1.71. The second kappa shape index (κ2) is 2.22. The van der Waals surface area contributed by atoms with Crippen molar-refractivity contribution in [1.82, 2.24) is 4.90 Å². The third-order valence-electron chi connectivity index (χ3n) is 3.78. The Bertz CT molecular complexity index is 146. The Kier molecular flexibility index (Phi) is 1.31. The molecule has 2 heterocycles. The van der Waals surface area contributed by atoms with Crippen molar-refractivity contribution in [3.63, 3.8) is 0 Å². The lowest BCUT2D eigenvalue weighted by Gasteiger charge is -2.45. The molecule has 61 valence electrons. The van der Waals surface area contributed by atoms with Gasteiger partial charge in [0.2, 0.25) is 0 Å². The van der Waals surface area contributed by atoms with Gasteiger partial charge in [-0.15, -0.1) is 0 Å². The molecule has 1 nitrogen and oxygen atoms in total. The predicted octanol–water partition coefficient (Wildman–Crippen LogP) is 1.98. The van der Waals surface area contributed by atoms with Crippen molar-refractivity contribution in [2.75, 3.05) is 0 Å². The van der Waals surface area contributed by atoms with Gasteiger partial charge in [0, 0.05) is 18.1 Å². The first-order chi connectivity index (χ1) is 5.45. The largest absolute Gasteiger partial charge is 0.294 e. The topological polar surface area (TPSA) is 3.24 Å². The Morgan fingerprint density at radius 2 is 1.82 bits per heavy atom. The fourth-order valence-electron chi connectivity index (χ4n) is 3.24. The molecule has 2 bridgehead atoms. The number of hydrogen-bond acceptors (Lipinski definition) is 1. The minimum Gasteiger partial charge on any atom is -0.294 e. The summed E-state index contributed by atoms with van der Waals surface area (Å²) in [5.41, 5.74) is 0. The van der Waals surface area contributed by atoms with Crippen LogP contribution in [-0.4, -0.2) is 23.0 Å². The highest BCUT2D eigenvalue weighted by atomic mass is 15.3. The third-order valence-corrected chi connectivity index (χ3v) is 3.78. The van der Waals surface area contributed by atoms with E-state index in [1.54, 1.807) is 0 Å². The SMILES string of the molecule is [CH]1CCC(N2C3CCC2C3)C1. The summed E-state index contributed by atoms with van der Waals surface area (Å²) in [6, 6.07) is 2.98. The number of hydrogen-bond donors (Lipinski definition) is 0. The van der Waals surface area contributed by atoms with E-state index in [-0.39, 0.29) is 0 Å². The average Bonchev–Trinajstić information content (AvgIpc) is 2.59. The van der Waals surface area contributed by atoms with Crippen LogP contribution in [0.2, 0.25) is 0 Å². The molecule has 0 aromatic carbocycles. The second-order valence-electron chi connectivity index (χ2n) is 4.32. The van der Waals surface area contributed by atoms with Crippen LogP contribution in [0.25, 0.3) is 0 Å². The molecule has 2 saturated heterocycles. The van der Waals surface area contributed by atoms with E-state index in [9.17, 15) is 0 Å². The maximum atomic E-state index is 2.81. The van der Waals surface area contributed by atoms with E-state index >= 15 is 0 Å². The van der Waals surface area contributed by atoms with Crippen molar-refractivity contribution in [2.24, 2.45) is 0 Å². The molecular weight excluding hydrogens is 134 g/mol. The molecule has 4 aliphatic rings. The average molecular weight is 150 g/mol. The first kappa shape index (κ1) is 6.47. The van der Waals surface area contributed by atoms with Crippen LogP contribution in [0, 0.1) is 6.42 Å². The quantitative estimate of drug-likeness (QED) is 0.552. The van der Waals surface area contributed by atoms with E-state index in [4.69, 9.17) is 0 Å². The maximum Gasteiger partial charge on any atom is 0.0117 e. The van der Waals surface area contributed by atoms with Gasteiger partial charge in [-0.2, -0.15) is 0 Å². The molecule has 0 aromatic rings. The summed E-state index contributed by atoms with van der Waals surface area (Å²) in [5, 5.41) is 0. The van der Waals surface area contributed by atoms with Gasteiger partial charge in [-0.25, -0.2) is 0 Å². The summed E-state index contributed by atoms with van der Waals surface area (Å²) in [5.74, 6) is 0. The summed E-state index contributed by atoms with van der Waals surface area (Å²) in [4.78, 5) is 2.81. The van der Waals surface area contributed by atoms with E-state index in [0.29, 0.717) is 0 Å². The molecule has 2 aliphatic heterocycles. The van der Waals surface area contributed by atoms with Gasteiger partial charge in [0.15, 0.2) is 0 Å². The highest BCUT2D eigenvalue weighted by Crippen LogP contribution is 2.44. The lowest BCUT2D eigenvalue weighted by atomic mass is 9.99. The molecule has 4 fully saturated rings. The lowest BCUT2D eigenvalue weighted by Crippen LogP contribution is -2.53. The van der Waals surface area contributed by atoms with Crippen LogP contribution in [-0.2, 0) is 0 Å². The molecule has 3 unspecified atom stereocenters. The van der Waals surface area contributed by atoms with Gasteiger partial charge in [-0.05, 0) is 44.9 Å². The van der Waals surface area contributed by atoms with Gasteiger partial charge in [-0.1, -0.05) is 0 Å². The molecular formula is C10H16N. The standard InChI is InChI=1S/C10H16N/c1-2-4-8(3-1)11-9-5-6-10(11)7-9/h1,8-10H,2-7H2. The molecule has 3 atom stereocenters. The van der Waals surface area contributed by atoms with Crippen molar-refractivity contribution in [1.29, 1.82) is 0 Å². The Morgan fingerprint density at radius 1 is 1.00 bits per heavy atom. The number of rotatable bonds is 1. The smallest absolute Gasteiger partial charge is 0.0117 e. The molecule has 0 amide bonds. The van der Waals surface area contributed by atoms with Gasteiger partial charge in [-0.3, -0.25) is 4.90 Å². The number of nitrogens with zero attached hydrogens (tertiary/aromatic N) is 1. The molecule has 2 saturated carbocycles. The van der Waals surface area contributed by atoms with Crippen LogP contribution in [0.1, 0.15) is 38.5 Å². The highest BCUT2D eigenvalue weighted by Gasteiger charge is 2.47. The zero-order valence-corrected chi connectivity index (χ0v) is 7.00. The van der Waals surface area contributed by atoms with Crippen molar-refractivity contribution in [3.8, 4) is 0 Å². The fraction of sp³-hybridized carbons (Fsp3) is 0.900. The van der Waals surface area contributed by atoms with Crippen molar-refractivity contribution in [3.05, 3.63) is 6.42 Å². The van der Waals surface area contributed by atoms with Crippen molar-refractivity contribution >= 4 is 0 Å². The minimum atomic E-state index is 0.959. The normalized spacial score (nSPS) is 44.7. The van der Waals surface area contributed by atoms with Crippen LogP contribution in [0.3, 0.4) is 0 Å². The zero-order chi connectivity index (χ0) is 7.26. The van der Waals surface area contributed by atoms with Crippen LogP contribution in [0.4, 0.5) is 0 Å². The molecule has 2 aliphatic carbocycles. The minimum absolute atomic E-state index is 0.959. The van der Waals surface area contributed by atoms with Crippen LogP contribution < -0.4 is 0 Å². The van der Waals surface area contributed by atoms with Gasteiger partial charge < -0.3 is 0 Å². The monoisotopic (exact) mass is 150 g/mol. The summed E-state index contributed by atoms with van der Waals surface area (Å²) in [6.45, 7) is 0. The Labute approximate surface area is 68.8 Å². The van der Waals surface area contributed by atoms with Crippen LogP contribution in [0.15, 0.2) is 0 Å². The van der Waals surface area contributed by atoms with E-state index in [2.05, 4.69) is 11.3 Å². The molecule has 0 N–H and O–H groups in total. The first-order valence-corrected chi connectivity index (χ1v) is 5.04. The van der Waals surface area contributed by atoms with Gasteiger partial charge >= 0.3 is 0 Å². The van der Waals surface area contributed by atoms with Gasteiger partial charge in [0.25, 0.3) is 0 Å². The summed E-state index contributed by atoms with van der Waals surface area (Å²) in [7, 11) is 0. The lowest BCUT2D eigenvalue weighted by molar-refractivity contribution is 0.0334. The van der Waals surface area contributed by atoms with Gasteiger partial charge in [0.05, 0.1) is 0 Å². The highest BCUT2D eigenvalue weighted by molar-refractivity contribution is 5.05. The predicted molar refractivity (Wildman–Crippen MR) is 45.2 cm³/mol. The van der Waals surface area contributed by atoms with E-state index in [1.807, 2.05) is 0 Å². The van der Waals surface area contributed by atoms with E-state index in [1.165, 1.54) is 38.5 Å². The fourth-order valence-corrected chi connectivity index (χ4v) is 3.24. The Hall–Kier alpha value is -0.0400. The van der Waals surface area contributed by atoms with Crippen molar-refractivity contribution < 1.29 is 0 Å². The molecule has 11 heavy (non-hydrogen) atoms. The zero-order valence-electron chi connectivity index (χ0n) is 7.00. The van der Waals surface area contributed by atoms with E-state index in [0.717, 1.165) is 18.1 Å². The second-order valence-corrected chi connectivity index (χ2v) is 4.32.